The zero-order valence-electron chi connectivity index (χ0n) is 10.5. The molecule has 94 valence electrons. The number of ether oxygens (including phenoxy) is 1. The fraction of sp³-hybridized carbons (Fsp3) is 0.214. The van der Waals surface area contributed by atoms with Crippen molar-refractivity contribution in [3.8, 4) is 5.75 Å². The first kappa shape index (κ1) is 12.2. The lowest BCUT2D eigenvalue weighted by Gasteiger charge is -2.12. The second-order valence-electron chi connectivity index (χ2n) is 3.75. The Morgan fingerprint density at radius 1 is 1.44 bits per heavy atom. The van der Waals surface area contributed by atoms with Crippen molar-refractivity contribution in [3.05, 3.63) is 49.3 Å². The molecule has 0 amide bonds. The van der Waals surface area contributed by atoms with E-state index < -0.39 is 0 Å². The molecule has 1 aromatic carbocycles. The maximum atomic E-state index is 5.57. The Kier molecular flexibility index (Phi) is 4.02. The minimum atomic E-state index is 0.639. The van der Waals surface area contributed by atoms with Gasteiger partial charge >= 0.3 is 0 Å². The standard InChI is InChI=1S/C14H17N3O/c1-3-10-17-11-9-15-14(17)16-12-7-5-6-8-13(12)18-4-2/h3,5-9,11H,1,4,10H2,2H3,(H,15,16). The van der Waals surface area contributed by atoms with Crippen molar-refractivity contribution in [1.29, 1.82) is 0 Å². The fourth-order valence-electron chi connectivity index (χ4n) is 1.69. The molecule has 18 heavy (non-hydrogen) atoms. The zero-order chi connectivity index (χ0) is 12.8. The summed E-state index contributed by atoms with van der Waals surface area (Å²) in [6.45, 7) is 7.06. The van der Waals surface area contributed by atoms with Crippen LogP contribution in [-0.4, -0.2) is 16.2 Å². The van der Waals surface area contributed by atoms with Crippen LogP contribution in [0.3, 0.4) is 0 Å². The first-order chi connectivity index (χ1) is 8.85. The second kappa shape index (κ2) is 5.91. The number of hydrogen-bond acceptors (Lipinski definition) is 3. The molecule has 0 aliphatic carbocycles. The maximum Gasteiger partial charge on any atom is 0.207 e. The Hall–Kier alpha value is -2.23. The quantitative estimate of drug-likeness (QED) is 0.792. The van der Waals surface area contributed by atoms with E-state index in [2.05, 4.69) is 16.9 Å². The normalized spacial score (nSPS) is 10.1. The van der Waals surface area contributed by atoms with Gasteiger partial charge in [-0.1, -0.05) is 18.2 Å². The minimum Gasteiger partial charge on any atom is -0.492 e. The third kappa shape index (κ3) is 2.71. The highest BCUT2D eigenvalue weighted by molar-refractivity contribution is 5.62. The molecule has 0 fully saturated rings. The monoisotopic (exact) mass is 243 g/mol. The first-order valence-corrected chi connectivity index (χ1v) is 5.96. The summed E-state index contributed by atoms with van der Waals surface area (Å²) in [5.41, 5.74) is 0.913. The van der Waals surface area contributed by atoms with Crippen LogP contribution in [0.15, 0.2) is 49.3 Å². The number of nitrogens with zero attached hydrogens (tertiary/aromatic N) is 2. The molecule has 2 rings (SSSR count). The molecule has 0 unspecified atom stereocenters. The predicted octanol–water partition coefficient (Wildman–Crippen LogP) is 3.21. The highest BCUT2D eigenvalue weighted by Gasteiger charge is 2.06. The average Bonchev–Trinajstić information content (AvgIpc) is 2.80. The molecule has 0 bridgehead atoms. The van der Waals surface area contributed by atoms with Gasteiger partial charge in [0.2, 0.25) is 5.95 Å². The van der Waals surface area contributed by atoms with E-state index in [1.807, 2.05) is 48.0 Å². The smallest absolute Gasteiger partial charge is 0.207 e. The molecule has 4 heteroatoms. The summed E-state index contributed by atoms with van der Waals surface area (Å²) in [5, 5.41) is 3.27. The second-order valence-corrected chi connectivity index (χ2v) is 3.75. The predicted molar refractivity (Wildman–Crippen MR) is 73.3 cm³/mol. The molecule has 0 aliphatic heterocycles. The van der Waals surface area contributed by atoms with Gasteiger partial charge in [0.05, 0.1) is 12.3 Å². The number of rotatable bonds is 6. The molecule has 4 nitrogen and oxygen atoms in total. The third-order valence-electron chi connectivity index (χ3n) is 2.47. The van der Waals surface area contributed by atoms with Crippen LogP contribution >= 0.6 is 0 Å². The molecule has 0 spiro atoms. The summed E-state index contributed by atoms with van der Waals surface area (Å²) in [6, 6.07) is 7.82. The Morgan fingerprint density at radius 2 is 2.28 bits per heavy atom. The van der Waals surface area contributed by atoms with Crippen molar-refractivity contribution in [2.75, 3.05) is 11.9 Å². The van der Waals surface area contributed by atoms with Crippen LogP contribution in [0.4, 0.5) is 11.6 Å². The minimum absolute atomic E-state index is 0.639. The number of para-hydroxylation sites is 2. The van der Waals surface area contributed by atoms with Crippen LogP contribution in [-0.2, 0) is 6.54 Å². The number of nitrogens with one attached hydrogen (secondary N) is 1. The highest BCUT2D eigenvalue weighted by Crippen LogP contribution is 2.26. The van der Waals surface area contributed by atoms with Gasteiger partial charge in [-0.3, -0.25) is 0 Å². The van der Waals surface area contributed by atoms with Gasteiger partial charge in [0.15, 0.2) is 0 Å². The number of aromatic nitrogens is 2. The molecular weight excluding hydrogens is 226 g/mol. The van der Waals surface area contributed by atoms with Gasteiger partial charge in [0, 0.05) is 18.9 Å². The maximum absolute atomic E-state index is 5.57. The number of hydrogen-bond donors (Lipinski definition) is 1. The molecule has 1 N–H and O–H groups in total. The zero-order valence-corrected chi connectivity index (χ0v) is 10.5. The number of imidazole rings is 1. The van der Waals surface area contributed by atoms with E-state index in [4.69, 9.17) is 4.74 Å². The molecular formula is C14H17N3O. The molecule has 2 aromatic rings. The van der Waals surface area contributed by atoms with Gasteiger partial charge in [-0.05, 0) is 19.1 Å². The fourth-order valence-corrected chi connectivity index (χ4v) is 1.69. The van der Waals surface area contributed by atoms with Crippen molar-refractivity contribution >= 4 is 11.6 Å². The lowest BCUT2D eigenvalue weighted by atomic mass is 10.3. The molecule has 0 radical (unpaired) electrons. The third-order valence-corrected chi connectivity index (χ3v) is 2.47. The lowest BCUT2D eigenvalue weighted by Crippen LogP contribution is -2.03. The van der Waals surface area contributed by atoms with Crippen molar-refractivity contribution in [3.63, 3.8) is 0 Å². The van der Waals surface area contributed by atoms with E-state index in [-0.39, 0.29) is 0 Å². The van der Waals surface area contributed by atoms with Crippen LogP contribution < -0.4 is 10.1 Å². The van der Waals surface area contributed by atoms with Crippen LogP contribution in [0.1, 0.15) is 6.92 Å². The summed E-state index contributed by atoms with van der Waals surface area (Å²) >= 11 is 0. The summed E-state index contributed by atoms with van der Waals surface area (Å²) in [5.74, 6) is 1.61. The van der Waals surface area contributed by atoms with Gasteiger partial charge in [-0.15, -0.1) is 6.58 Å². The summed E-state index contributed by atoms with van der Waals surface area (Å²) in [6.07, 6.45) is 5.50. The van der Waals surface area contributed by atoms with Crippen LogP contribution in [0.5, 0.6) is 5.75 Å². The molecule has 0 saturated carbocycles. The van der Waals surface area contributed by atoms with Crippen molar-refractivity contribution in [2.24, 2.45) is 0 Å². The van der Waals surface area contributed by atoms with Gasteiger partial charge in [0.1, 0.15) is 5.75 Å². The van der Waals surface area contributed by atoms with E-state index in [1.165, 1.54) is 0 Å². The van der Waals surface area contributed by atoms with E-state index in [1.54, 1.807) is 6.20 Å². The van der Waals surface area contributed by atoms with Crippen LogP contribution in [0.25, 0.3) is 0 Å². The molecule has 0 atom stereocenters. The largest absolute Gasteiger partial charge is 0.492 e. The summed E-state index contributed by atoms with van der Waals surface area (Å²) in [4.78, 5) is 4.28. The van der Waals surface area contributed by atoms with E-state index in [0.717, 1.165) is 23.9 Å². The molecule has 1 aromatic heterocycles. The lowest BCUT2D eigenvalue weighted by molar-refractivity contribution is 0.342. The first-order valence-electron chi connectivity index (χ1n) is 5.96. The van der Waals surface area contributed by atoms with Gasteiger partial charge in [-0.25, -0.2) is 4.98 Å². The van der Waals surface area contributed by atoms with Crippen molar-refractivity contribution in [1.82, 2.24) is 9.55 Å². The van der Waals surface area contributed by atoms with Gasteiger partial charge in [0.25, 0.3) is 0 Å². The van der Waals surface area contributed by atoms with E-state index >= 15 is 0 Å². The average molecular weight is 243 g/mol. The van der Waals surface area contributed by atoms with Gasteiger partial charge in [-0.2, -0.15) is 0 Å². The SMILES string of the molecule is C=CCn1ccnc1Nc1ccccc1OCC. The summed E-state index contributed by atoms with van der Waals surface area (Å²) in [7, 11) is 0. The topological polar surface area (TPSA) is 39.1 Å². The van der Waals surface area contributed by atoms with E-state index in [0.29, 0.717) is 6.61 Å². The molecule has 0 saturated heterocycles. The molecule has 1 heterocycles. The van der Waals surface area contributed by atoms with Crippen molar-refractivity contribution in [2.45, 2.75) is 13.5 Å². The number of anilines is 2. The van der Waals surface area contributed by atoms with Crippen LogP contribution in [0, 0.1) is 0 Å². The number of benzene rings is 1. The highest BCUT2D eigenvalue weighted by atomic mass is 16.5. The van der Waals surface area contributed by atoms with Gasteiger partial charge < -0.3 is 14.6 Å². The Balaban J connectivity index is 2.22. The van der Waals surface area contributed by atoms with E-state index in [9.17, 15) is 0 Å². The van der Waals surface area contributed by atoms with Crippen LogP contribution in [0.2, 0.25) is 0 Å². The number of allylic oxidation sites excluding steroid dienone is 1. The Bertz CT molecular complexity index is 519. The Morgan fingerprint density at radius 3 is 3.06 bits per heavy atom. The van der Waals surface area contributed by atoms with Crippen molar-refractivity contribution < 1.29 is 4.74 Å². The Labute approximate surface area is 107 Å². The molecule has 0 aliphatic rings. The summed E-state index contributed by atoms with van der Waals surface area (Å²) < 4.78 is 7.55.